The van der Waals surface area contributed by atoms with Crippen molar-refractivity contribution in [2.45, 2.75) is 93.5 Å². The van der Waals surface area contributed by atoms with Gasteiger partial charge in [-0.1, -0.05) is 6.07 Å². The number of sulfone groups is 1. The second-order valence-corrected chi connectivity index (χ2v) is 12.4. The first-order valence-corrected chi connectivity index (χ1v) is 12.2. The van der Waals surface area contributed by atoms with E-state index in [4.69, 9.17) is 0 Å². The molecule has 188 valence electrons. The van der Waals surface area contributed by atoms with Crippen molar-refractivity contribution in [3.8, 4) is 0 Å². The molecule has 0 unspecified atom stereocenters. The Morgan fingerprint density at radius 2 is 1.70 bits per heavy atom. The van der Waals surface area contributed by atoms with Gasteiger partial charge in [-0.2, -0.15) is 13.2 Å². The molecule has 1 fully saturated rings. The molecule has 1 amide bonds. The zero-order valence-electron chi connectivity index (χ0n) is 19.5. The molecule has 2 N–H and O–H groups in total. The lowest BCUT2D eigenvalue weighted by molar-refractivity contribution is -0.137. The molecule has 1 aliphatic carbocycles. The lowest BCUT2D eigenvalue weighted by Gasteiger charge is -2.46. The Hall–Kier alpha value is -1.88. The SMILES string of the molecule is CC(C)(C)N(C(=O)O)C(C)(C)CN[C@H]1CC[C@](F)(S(=O)(=O)c2cccc(C(F)(F)F)c2)CC1. The third kappa shape index (κ3) is 5.98. The smallest absolute Gasteiger partial charge is 0.416 e. The molecular formula is C22H32F4N2O4S. The normalized spacial score (nSPS) is 22.8. The Labute approximate surface area is 192 Å². The van der Waals surface area contributed by atoms with Crippen molar-refractivity contribution in [1.29, 1.82) is 0 Å². The molecule has 33 heavy (non-hydrogen) atoms. The molecule has 2 rings (SSSR count). The number of hydrogen-bond acceptors (Lipinski definition) is 4. The second-order valence-electron chi connectivity index (χ2n) is 10.2. The molecule has 0 heterocycles. The van der Waals surface area contributed by atoms with E-state index in [0.717, 1.165) is 18.2 Å². The van der Waals surface area contributed by atoms with Crippen LogP contribution in [0.3, 0.4) is 0 Å². The number of carboxylic acid groups (broad SMARTS) is 1. The van der Waals surface area contributed by atoms with Gasteiger partial charge in [-0.25, -0.2) is 17.6 Å². The Morgan fingerprint density at radius 1 is 1.15 bits per heavy atom. The number of benzene rings is 1. The summed E-state index contributed by atoms with van der Waals surface area (Å²) in [4.78, 5) is 12.4. The highest BCUT2D eigenvalue weighted by molar-refractivity contribution is 7.92. The van der Waals surface area contributed by atoms with E-state index in [1.165, 1.54) is 4.90 Å². The molecule has 1 aliphatic rings. The zero-order chi connectivity index (χ0) is 25.5. The summed E-state index contributed by atoms with van der Waals surface area (Å²) in [6.45, 7) is 9.12. The summed E-state index contributed by atoms with van der Waals surface area (Å²) in [6.07, 6.45) is -6.26. The number of amides is 1. The van der Waals surface area contributed by atoms with Crippen molar-refractivity contribution < 1.29 is 35.9 Å². The fourth-order valence-corrected chi connectivity index (χ4v) is 6.23. The zero-order valence-corrected chi connectivity index (χ0v) is 20.3. The van der Waals surface area contributed by atoms with Gasteiger partial charge in [0.2, 0.25) is 14.8 Å². The van der Waals surface area contributed by atoms with E-state index < -0.39 is 48.6 Å². The van der Waals surface area contributed by atoms with Gasteiger partial charge in [-0.05, 0) is 78.5 Å². The van der Waals surface area contributed by atoms with Gasteiger partial charge in [0, 0.05) is 18.1 Å². The summed E-state index contributed by atoms with van der Waals surface area (Å²) < 4.78 is 80.1. The topological polar surface area (TPSA) is 86.7 Å². The van der Waals surface area contributed by atoms with Crippen LogP contribution >= 0.6 is 0 Å². The van der Waals surface area contributed by atoms with E-state index in [2.05, 4.69) is 5.32 Å². The minimum atomic E-state index is -4.74. The summed E-state index contributed by atoms with van der Waals surface area (Å²) in [5.41, 5.74) is -2.60. The van der Waals surface area contributed by atoms with Gasteiger partial charge in [0.1, 0.15) is 0 Å². The third-order valence-corrected chi connectivity index (χ3v) is 8.22. The first-order chi connectivity index (χ1) is 14.8. The number of alkyl halides is 4. The maximum Gasteiger partial charge on any atom is 0.416 e. The number of carbonyl (C=O) groups is 1. The van der Waals surface area contributed by atoms with Crippen LogP contribution in [-0.2, 0) is 16.0 Å². The summed E-state index contributed by atoms with van der Waals surface area (Å²) in [5.74, 6) is 0. The Bertz CT molecular complexity index is 963. The van der Waals surface area contributed by atoms with Gasteiger partial charge < -0.3 is 10.4 Å². The van der Waals surface area contributed by atoms with E-state index in [0.29, 0.717) is 6.07 Å². The fourth-order valence-electron chi connectivity index (χ4n) is 4.50. The van der Waals surface area contributed by atoms with E-state index >= 15 is 4.39 Å². The van der Waals surface area contributed by atoms with E-state index in [1.54, 1.807) is 34.6 Å². The van der Waals surface area contributed by atoms with Gasteiger partial charge in [-0.3, -0.25) is 4.90 Å². The number of nitrogens with one attached hydrogen (secondary N) is 1. The van der Waals surface area contributed by atoms with E-state index in [9.17, 15) is 31.5 Å². The molecule has 1 saturated carbocycles. The van der Waals surface area contributed by atoms with Gasteiger partial charge >= 0.3 is 12.3 Å². The molecule has 1 aromatic rings. The molecule has 0 atom stereocenters. The number of hydrogen-bond donors (Lipinski definition) is 2. The third-order valence-electron chi connectivity index (χ3n) is 5.98. The predicted octanol–water partition coefficient (Wildman–Crippen LogP) is 5.23. The van der Waals surface area contributed by atoms with Gasteiger partial charge in [-0.15, -0.1) is 0 Å². The van der Waals surface area contributed by atoms with Crippen LogP contribution in [0.2, 0.25) is 0 Å². The summed E-state index contributed by atoms with van der Waals surface area (Å²) in [7, 11) is -4.64. The van der Waals surface area contributed by atoms with E-state index in [-0.39, 0.29) is 38.3 Å². The van der Waals surface area contributed by atoms with E-state index in [1.807, 2.05) is 0 Å². The predicted molar refractivity (Wildman–Crippen MR) is 116 cm³/mol. The van der Waals surface area contributed by atoms with Crippen molar-refractivity contribution in [2.24, 2.45) is 0 Å². The van der Waals surface area contributed by atoms with Gasteiger partial charge in [0.15, 0.2) is 0 Å². The standard InChI is InChI=1S/C22H32F4N2O4S/c1-19(2,3)28(18(29)30)20(4,5)14-27-16-9-11-21(23,12-10-16)33(31,32)17-8-6-7-15(13-17)22(24,25)26/h6-8,13,16,27H,9-12,14H2,1-5H3,(H,29,30)/t16-,21-. The maximum atomic E-state index is 15.5. The molecule has 0 radical (unpaired) electrons. The average Bonchev–Trinajstić information content (AvgIpc) is 2.65. The van der Waals surface area contributed by atoms with Gasteiger partial charge in [0.05, 0.1) is 16.0 Å². The molecular weight excluding hydrogens is 464 g/mol. The Morgan fingerprint density at radius 3 is 2.15 bits per heavy atom. The molecule has 0 spiro atoms. The quantitative estimate of drug-likeness (QED) is 0.527. The summed E-state index contributed by atoms with van der Waals surface area (Å²) in [6, 6.07) is 2.89. The van der Waals surface area contributed by atoms with Crippen LogP contribution in [-0.4, -0.2) is 53.2 Å². The van der Waals surface area contributed by atoms with Crippen molar-refractivity contribution in [3.63, 3.8) is 0 Å². The molecule has 11 heteroatoms. The van der Waals surface area contributed by atoms with Gasteiger partial charge in [0.25, 0.3) is 0 Å². The molecule has 0 aliphatic heterocycles. The number of nitrogens with zero attached hydrogens (tertiary/aromatic N) is 1. The van der Waals surface area contributed by atoms with Crippen LogP contribution in [0.5, 0.6) is 0 Å². The van der Waals surface area contributed by atoms with Crippen LogP contribution < -0.4 is 5.32 Å². The molecule has 0 bridgehead atoms. The lowest BCUT2D eigenvalue weighted by Crippen LogP contribution is -2.61. The van der Waals surface area contributed by atoms with Crippen molar-refractivity contribution in [2.75, 3.05) is 6.54 Å². The summed E-state index contributed by atoms with van der Waals surface area (Å²) >= 11 is 0. The van der Waals surface area contributed by atoms with Crippen LogP contribution in [0.1, 0.15) is 65.9 Å². The Balaban J connectivity index is 2.10. The summed E-state index contributed by atoms with van der Waals surface area (Å²) in [5, 5.41) is 10.2. The lowest BCUT2D eigenvalue weighted by atomic mass is 9.91. The highest BCUT2D eigenvalue weighted by Crippen LogP contribution is 2.41. The van der Waals surface area contributed by atoms with Crippen LogP contribution in [0.25, 0.3) is 0 Å². The highest BCUT2D eigenvalue weighted by atomic mass is 32.2. The maximum absolute atomic E-state index is 15.5. The second kappa shape index (κ2) is 9.05. The molecule has 6 nitrogen and oxygen atoms in total. The highest BCUT2D eigenvalue weighted by Gasteiger charge is 2.48. The number of rotatable bonds is 6. The van der Waals surface area contributed by atoms with Crippen molar-refractivity contribution in [3.05, 3.63) is 29.8 Å². The van der Waals surface area contributed by atoms with Crippen molar-refractivity contribution >= 4 is 15.9 Å². The molecule has 0 aromatic heterocycles. The average molecular weight is 497 g/mol. The fraction of sp³-hybridized carbons (Fsp3) is 0.682. The molecule has 1 aromatic carbocycles. The molecule has 0 saturated heterocycles. The monoisotopic (exact) mass is 496 g/mol. The van der Waals surface area contributed by atoms with Crippen molar-refractivity contribution in [1.82, 2.24) is 10.2 Å². The number of halogens is 4. The van der Waals surface area contributed by atoms with Crippen LogP contribution in [0.15, 0.2) is 29.2 Å². The Kier molecular flexibility index (Phi) is 7.51. The first kappa shape index (κ1) is 27.4. The van der Waals surface area contributed by atoms with Crippen LogP contribution in [0, 0.1) is 0 Å². The van der Waals surface area contributed by atoms with Crippen LogP contribution in [0.4, 0.5) is 22.4 Å². The first-order valence-electron chi connectivity index (χ1n) is 10.7. The largest absolute Gasteiger partial charge is 0.465 e. The minimum absolute atomic E-state index is 0.146. The minimum Gasteiger partial charge on any atom is -0.465 e.